The van der Waals surface area contributed by atoms with Gasteiger partial charge in [-0.25, -0.2) is 5.01 Å². The minimum atomic E-state index is -3.58. The van der Waals surface area contributed by atoms with Gasteiger partial charge in [0.15, 0.2) is 0 Å². The Hall–Kier alpha value is 0.160. The number of rotatable bonds is 2. The Morgan fingerprint density at radius 2 is 1.73 bits per heavy atom. The van der Waals surface area contributed by atoms with Crippen molar-refractivity contribution in [2.75, 3.05) is 13.1 Å². The van der Waals surface area contributed by atoms with E-state index in [-0.39, 0.29) is 0 Å². The first-order valence-electron chi connectivity index (χ1n) is 3.55. The van der Waals surface area contributed by atoms with E-state index in [1.807, 2.05) is 0 Å². The van der Waals surface area contributed by atoms with Crippen LogP contribution >= 0.6 is 10.7 Å². The number of nitrogens with zero attached hydrogens (tertiary/aromatic N) is 1. The summed E-state index contributed by atoms with van der Waals surface area (Å²) in [6, 6.07) is 0. The van der Waals surface area contributed by atoms with Crippen LogP contribution in [-0.2, 0) is 9.24 Å². The summed E-state index contributed by atoms with van der Waals surface area (Å²) >= 11 is 0. The van der Waals surface area contributed by atoms with Crippen molar-refractivity contribution in [3.8, 4) is 0 Å². The molecule has 1 heterocycles. The van der Waals surface area contributed by atoms with E-state index in [0.29, 0.717) is 0 Å². The van der Waals surface area contributed by atoms with E-state index in [2.05, 4.69) is 4.83 Å². The van der Waals surface area contributed by atoms with Crippen molar-refractivity contribution in [2.45, 2.75) is 19.3 Å². The molecule has 6 heteroatoms. The molecule has 0 saturated carbocycles. The molecule has 1 aliphatic rings. The van der Waals surface area contributed by atoms with Crippen molar-refractivity contribution < 1.29 is 8.42 Å². The Morgan fingerprint density at radius 3 is 2.18 bits per heavy atom. The van der Waals surface area contributed by atoms with Crippen LogP contribution in [0.25, 0.3) is 0 Å². The minimum absolute atomic E-state index is 0.756. The molecule has 0 spiro atoms. The van der Waals surface area contributed by atoms with Gasteiger partial charge >= 0.3 is 9.24 Å². The van der Waals surface area contributed by atoms with Crippen molar-refractivity contribution >= 4 is 19.9 Å². The number of nitrogens with one attached hydrogen (secondary N) is 1. The average molecular weight is 199 g/mol. The van der Waals surface area contributed by atoms with Crippen LogP contribution < -0.4 is 4.83 Å². The van der Waals surface area contributed by atoms with Crippen molar-refractivity contribution in [3.63, 3.8) is 0 Å². The van der Waals surface area contributed by atoms with Gasteiger partial charge in [-0.1, -0.05) is 6.42 Å². The number of hydrazine groups is 1. The Morgan fingerprint density at radius 1 is 1.18 bits per heavy atom. The summed E-state index contributed by atoms with van der Waals surface area (Å²) in [7, 11) is 1.41. The highest BCUT2D eigenvalue weighted by Gasteiger charge is 2.14. The van der Waals surface area contributed by atoms with E-state index in [9.17, 15) is 8.42 Å². The summed E-state index contributed by atoms with van der Waals surface area (Å²) in [5.41, 5.74) is 0. The van der Waals surface area contributed by atoms with Gasteiger partial charge in [-0.05, 0) is 12.8 Å². The van der Waals surface area contributed by atoms with E-state index >= 15 is 0 Å². The van der Waals surface area contributed by atoms with Gasteiger partial charge < -0.3 is 0 Å². The van der Waals surface area contributed by atoms with Gasteiger partial charge in [-0.15, -0.1) is 4.83 Å². The molecule has 11 heavy (non-hydrogen) atoms. The second-order valence-electron chi connectivity index (χ2n) is 2.58. The first-order valence-corrected chi connectivity index (χ1v) is 5.86. The van der Waals surface area contributed by atoms with E-state index in [1.54, 1.807) is 5.01 Å². The molecule has 4 nitrogen and oxygen atoms in total. The number of piperidine rings is 1. The Kier molecular flexibility index (Phi) is 3.12. The topological polar surface area (TPSA) is 49.4 Å². The highest BCUT2D eigenvalue weighted by molar-refractivity contribution is 8.12. The lowest BCUT2D eigenvalue weighted by molar-refractivity contribution is 0.201. The molecular weight excluding hydrogens is 188 g/mol. The third-order valence-corrected chi connectivity index (χ3v) is 2.28. The molecule has 0 bridgehead atoms. The van der Waals surface area contributed by atoms with Crippen molar-refractivity contribution in [1.82, 2.24) is 9.84 Å². The smallest absolute Gasteiger partial charge is 0.230 e. The number of hydrogen-bond acceptors (Lipinski definition) is 3. The van der Waals surface area contributed by atoms with Gasteiger partial charge in [0.05, 0.1) is 0 Å². The SMILES string of the molecule is O=S(=O)(Cl)NN1CCCCC1. The third-order valence-electron chi connectivity index (χ3n) is 1.59. The molecular formula is C5H11ClN2O2S. The lowest BCUT2D eigenvalue weighted by atomic mass is 10.2. The van der Waals surface area contributed by atoms with Crippen molar-refractivity contribution in [2.24, 2.45) is 0 Å². The summed E-state index contributed by atoms with van der Waals surface area (Å²) < 4.78 is 21.0. The van der Waals surface area contributed by atoms with Crippen molar-refractivity contribution in [1.29, 1.82) is 0 Å². The first kappa shape index (κ1) is 9.25. The van der Waals surface area contributed by atoms with E-state index in [1.165, 1.54) is 6.42 Å². The van der Waals surface area contributed by atoms with Crippen LogP contribution in [0.5, 0.6) is 0 Å². The summed E-state index contributed by atoms with van der Waals surface area (Å²) in [4.78, 5) is 2.23. The van der Waals surface area contributed by atoms with Crippen LogP contribution in [0.15, 0.2) is 0 Å². The van der Waals surface area contributed by atoms with Gasteiger partial charge in [-0.2, -0.15) is 8.42 Å². The first-order chi connectivity index (χ1) is 5.08. The van der Waals surface area contributed by atoms with Crippen molar-refractivity contribution in [3.05, 3.63) is 0 Å². The van der Waals surface area contributed by atoms with Gasteiger partial charge in [0.2, 0.25) is 0 Å². The highest BCUT2D eigenvalue weighted by atomic mass is 35.7. The highest BCUT2D eigenvalue weighted by Crippen LogP contribution is 2.07. The van der Waals surface area contributed by atoms with Crippen LogP contribution in [0.1, 0.15) is 19.3 Å². The molecule has 1 N–H and O–H groups in total. The lowest BCUT2D eigenvalue weighted by Gasteiger charge is -2.24. The number of hydrogen-bond donors (Lipinski definition) is 1. The Labute approximate surface area is 71.0 Å². The van der Waals surface area contributed by atoms with Crippen LogP contribution in [0.2, 0.25) is 0 Å². The summed E-state index contributed by atoms with van der Waals surface area (Å²) in [6.07, 6.45) is 3.22. The fourth-order valence-corrected chi connectivity index (χ4v) is 1.92. The van der Waals surface area contributed by atoms with Gasteiger partial charge in [0, 0.05) is 23.8 Å². The van der Waals surface area contributed by atoms with Crippen LogP contribution in [0, 0.1) is 0 Å². The standard InChI is InChI=1S/C5H11ClN2O2S/c6-11(9,10)7-8-4-2-1-3-5-8/h7H,1-5H2. The normalized spacial score (nSPS) is 21.9. The van der Waals surface area contributed by atoms with Crippen LogP contribution in [0.3, 0.4) is 0 Å². The minimum Gasteiger partial charge on any atom is -0.230 e. The third kappa shape index (κ3) is 3.91. The predicted octanol–water partition coefficient (Wildman–Crippen LogP) is 0.460. The molecule has 1 rings (SSSR count). The molecule has 1 saturated heterocycles. The molecule has 1 aliphatic heterocycles. The summed E-state index contributed by atoms with van der Waals surface area (Å²) in [5.74, 6) is 0. The molecule has 0 atom stereocenters. The monoisotopic (exact) mass is 198 g/mol. The molecule has 0 aliphatic carbocycles. The maximum Gasteiger partial charge on any atom is 0.310 e. The van der Waals surface area contributed by atoms with Gasteiger partial charge in [0.1, 0.15) is 0 Å². The fraction of sp³-hybridized carbons (Fsp3) is 1.00. The summed E-state index contributed by atoms with van der Waals surface area (Å²) in [6.45, 7) is 1.51. The summed E-state index contributed by atoms with van der Waals surface area (Å²) in [5, 5.41) is 1.63. The van der Waals surface area contributed by atoms with Gasteiger partial charge in [-0.3, -0.25) is 0 Å². The fourth-order valence-electron chi connectivity index (χ4n) is 1.14. The maximum atomic E-state index is 10.5. The average Bonchev–Trinajstić information content (AvgIpc) is 1.85. The van der Waals surface area contributed by atoms with Crippen LogP contribution in [-0.4, -0.2) is 26.5 Å². The Balaban J connectivity index is 2.36. The predicted molar refractivity (Wildman–Crippen MR) is 43.3 cm³/mol. The zero-order chi connectivity index (χ0) is 8.32. The molecule has 0 radical (unpaired) electrons. The molecule has 0 aromatic carbocycles. The molecule has 0 amide bonds. The molecule has 0 aromatic heterocycles. The second kappa shape index (κ2) is 3.71. The second-order valence-corrected chi connectivity index (χ2v) is 4.85. The number of halogens is 1. The molecule has 1 fully saturated rings. The zero-order valence-corrected chi connectivity index (χ0v) is 7.66. The molecule has 66 valence electrons. The van der Waals surface area contributed by atoms with Crippen LogP contribution in [0.4, 0.5) is 0 Å². The lowest BCUT2D eigenvalue weighted by Crippen LogP contribution is -2.43. The molecule has 0 unspecified atom stereocenters. The van der Waals surface area contributed by atoms with E-state index in [4.69, 9.17) is 10.7 Å². The zero-order valence-electron chi connectivity index (χ0n) is 6.09. The van der Waals surface area contributed by atoms with Gasteiger partial charge in [0.25, 0.3) is 0 Å². The largest absolute Gasteiger partial charge is 0.310 e. The maximum absolute atomic E-state index is 10.5. The van der Waals surface area contributed by atoms with E-state index in [0.717, 1.165) is 25.9 Å². The Bertz CT molecular complexity index is 211. The quantitative estimate of drug-likeness (QED) is 0.656. The van der Waals surface area contributed by atoms with E-state index < -0.39 is 9.24 Å². The molecule has 0 aromatic rings.